The zero-order valence-electron chi connectivity index (χ0n) is 9.45. The zero-order chi connectivity index (χ0) is 14.8. The summed E-state index contributed by atoms with van der Waals surface area (Å²) in [5.74, 6) is -0.687. The first-order valence-electron chi connectivity index (χ1n) is 4.86. The van der Waals surface area contributed by atoms with Crippen molar-refractivity contribution in [2.45, 2.75) is 24.6 Å². The molecule has 0 amide bonds. The summed E-state index contributed by atoms with van der Waals surface area (Å²) in [6, 6.07) is 3.36. The smallest absolute Gasteiger partial charge is 0.405 e. The highest BCUT2D eigenvalue weighted by molar-refractivity contribution is 8.13. The Labute approximate surface area is 111 Å². The van der Waals surface area contributed by atoms with Crippen LogP contribution in [0, 0.1) is 11.3 Å². The molecule has 0 heterocycles. The van der Waals surface area contributed by atoms with Crippen LogP contribution in [0.1, 0.15) is 18.1 Å². The molecule has 0 bridgehead atoms. The minimum atomic E-state index is -4.97. The molecule has 1 aromatic carbocycles. The SMILES string of the molecule is CCc1c(OC(F)(F)F)ccc(C#N)c1S(=O)(=O)Cl. The van der Waals surface area contributed by atoms with E-state index in [1.165, 1.54) is 6.92 Å². The molecule has 0 saturated heterocycles. The van der Waals surface area contributed by atoms with E-state index in [2.05, 4.69) is 4.74 Å². The van der Waals surface area contributed by atoms with Crippen molar-refractivity contribution >= 4 is 19.7 Å². The summed E-state index contributed by atoms with van der Waals surface area (Å²) < 4.78 is 63.1. The van der Waals surface area contributed by atoms with E-state index < -0.39 is 26.1 Å². The fourth-order valence-corrected chi connectivity index (χ4v) is 2.98. The summed E-state index contributed by atoms with van der Waals surface area (Å²) in [5, 5.41) is 8.79. The molecule has 0 aliphatic carbocycles. The molecule has 0 spiro atoms. The fraction of sp³-hybridized carbons (Fsp3) is 0.300. The van der Waals surface area contributed by atoms with Gasteiger partial charge in [-0.1, -0.05) is 6.92 Å². The molecule has 0 radical (unpaired) electrons. The second-order valence-electron chi connectivity index (χ2n) is 3.37. The van der Waals surface area contributed by atoms with E-state index in [4.69, 9.17) is 15.9 Å². The maximum Gasteiger partial charge on any atom is 0.573 e. The summed E-state index contributed by atoms with van der Waals surface area (Å²) >= 11 is 0. The van der Waals surface area contributed by atoms with Gasteiger partial charge in [0, 0.05) is 16.2 Å². The average Bonchev–Trinajstić information content (AvgIpc) is 2.25. The number of alkyl halides is 3. The van der Waals surface area contributed by atoms with E-state index in [-0.39, 0.29) is 17.5 Å². The second kappa shape index (κ2) is 5.27. The van der Waals surface area contributed by atoms with Gasteiger partial charge in [-0.25, -0.2) is 8.42 Å². The van der Waals surface area contributed by atoms with Crippen LogP contribution in [0.5, 0.6) is 5.75 Å². The Morgan fingerprint density at radius 1 is 1.42 bits per heavy atom. The Hall–Kier alpha value is -1.46. The van der Waals surface area contributed by atoms with Gasteiger partial charge in [0.2, 0.25) is 0 Å². The van der Waals surface area contributed by atoms with Crippen LogP contribution in [-0.4, -0.2) is 14.8 Å². The highest BCUT2D eigenvalue weighted by Gasteiger charge is 2.34. The molecule has 1 aromatic rings. The minimum Gasteiger partial charge on any atom is -0.405 e. The molecule has 0 aliphatic rings. The van der Waals surface area contributed by atoms with Crippen molar-refractivity contribution in [3.05, 3.63) is 23.3 Å². The third kappa shape index (κ3) is 3.75. The molecule has 0 fully saturated rings. The number of hydrogen-bond acceptors (Lipinski definition) is 4. The van der Waals surface area contributed by atoms with E-state index in [0.717, 1.165) is 12.1 Å². The summed E-state index contributed by atoms with van der Waals surface area (Å²) in [5.41, 5.74) is -0.618. The van der Waals surface area contributed by atoms with Gasteiger partial charge in [-0.05, 0) is 18.6 Å². The number of rotatable bonds is 3. The van der Waals surface area contributed by atoms with Crippen LogP contribution in [0.3, 0.4) is 0 Å². The second-order valence-corrected chi connectivity index (χ2v) is 5.87. The first-order valence-corrected chi connectivity index (χ1v) is 7.17. The summed E-state index contributed by atoms with van der Waals surface area (Å²) in [4.78, 5) is -0.652. The molecule has 9 heteroatoms. The zero-order valence-corrected chi connectivity index (χ0v) is 11.0. The molecule has 1 rings (SSSR count). The first kappa shape index (κ1) is 15.6. The van der Waals surface area contributed by atoms with E-state index in [1.54, 1.807) is 6.07 Å². The Morgan fingerprint density at radius 2 is 2.00 bits per heavy atom. The molecule has 0 aromatic heterocycles. The largest absolute Gasteiger partial charge is 0.573 e. The van der Waals surface area contributed by atoms with Crippen molar-refractivity contribution in [3.63, 3.8) is 0 Å². The monoisotopic (exact) mass is 313 g/mol. The maximum absolute atomic E-state index is 12.2. The molecule has 104 valence electrons. The van der Waals surface area contributed by atoms with Gasteiger partial charge >= 0.3 is 6.36 Å². The molecule has 0 saturated carbocycles. The Morgan fingerprint density at radius 3 is 2.37 bits per heavy atom. The summed E-state index contributed by atoms with van der Waals surface area (Å²) in [6.45, 7) is 1.42. The lowest BCUT2D eigenvalue weighted by Gasteiger charge is -2.15. The molecule has 19 heavy (non-hydrogen) atoms. The van der Waals surface area contributed by atoms with E-state index in [9.17, 15) is 21.6 Å². The number of halogens is 4. The molecule has 0 unspecified atom stereocenters. The predicted octanol–water partition coefficient (Wildman–Crippen LogP) is 2.95. The van der Waals surface area contributed by atoms with Gasteiger partial charge in [0.15, 0.2) is 0 Å². The van der Waals surface area contributed by atoms with E-state index in [1.807, 2.05) is 0 Å². The van der Waals surface area contributed by atoms with Gasteiger partial charge < -0.3 is 4.74 Å². The van der Waals surface area contributed by atoms with Crippen molar-refractivity contribution in [1.82, 2.24) is 0 Å². The van der Waals surface area contributed by atoms with Gasteiger partial charge in [0.1, 0.15) is 16.7 Å². The van der Waals surface area contributed by atoms with Gasteiger partial charge in [0.05, 0.1) is 5.56 Å². The van der Waals surface area contributed by atoms with Gasteiger partial charge in [-0.15, -0.1) is 13.2 Å². The van der Waals surface area contributed by atoms with Gasteiger partial charge in [-0.2, -0.15) is 5.26 Å². The Bertz CT molecular complexity index is 635. The molecule has 0 aliphatic heterocycles. The van der Waals surface area contributed by atoms with Crippen LogP contribution in [0.25, 0.3) is 0 Å². The van der Waals surface area contributed by atoms with Crippen molar-refractivity contribution < 1.29 is 26.3 Å². The third-order valence-electron chi connectivity index (χ3n) is 2.16. The van der Waals surface area contributed by atoms with Crippen LogP contribution in [0.4, 0.5) is 13.2 Å². The standard InChI is InChI=1S/C10H7ClF3NO3S/c1-2-7-8(18-10(12,13)14)4-3-6(5-15)9(7)19(11,16)17/h3-4H,2H2,1H3. The van der Waals surface area contributed by atoms with Crippen molar-refractivity contribution in [3.8, 4) is 11.8 Å². The molecular weight excluding hydrogens is 307 g/mol. The summed E-state index contributed by atoms with van der Waals surface area (Å²) in [6.07, 6.45) is -5.06. The quantitative estimate of drug-likeness (QED) is 0.805. The topological polar surface area (TPSA) is 67.2 Å². The van der Waals surface area contributed by atoms with E-state index in [0.29, 0.717) is 0 Å². The molecular formula is C10H7ClF3NO3S. The highest BCUT2D eigenvalue weighted by Crippen LogP contribution is 2.34. The lowest BCUT2D eigenvalue weighted by Crippen LogP contribution is -2.19. The maximum atomic E-state index is 12.2. The van der Waals surface area contributed by atoms with Gasteiger partial charge in [0.25, 0.3) is 9.05 Å². The van der Waals surface area contributed by atoms with Crippen molar-refractivity contribution in [2.75, 3.05) is 0 Å². The molecule has 0 N–H and O–H groups in total. The fourth-order valence-electron chi connectivity index (χ4n) is 1.53. The first-order chi connectivity index (χ1) is 8.60. The highest BCUT2D eigenvalue weighted by atomic mass is 35.7. The minimum absolute atomic E-state index is 0.0950. The number of ether oxygens (including phenoxy) is 1. The third-order valence-corrected chi connectivity index (χ3v) is 3.58. The lowest BCUT2D eigenvalue weighted by atomic mass is 10.1. The van der Waals surface area contributed by atoms with Crippen LogP contribution >= 0.6 is 10.7 Å². The Kier molecular flexibility index (Phi) is 4.32. The molecule has 4 nitrogen and oxygen atoms in total. The average molecular weight is 314 g/mol. The number of nitriles is 1. The van der Waals surface area contributed by atoms with Crippen molar-refractivity contribution in [2.24, 2.45) is 0 Å². The number of hydrogen-bond donors (Lipinski definition) is 0. The van der Waals surface area contributed by atoms with E-state index >= 15 is 0 Å². The van der Waals surface area contributed by atoms with Crippen molar-refractivity contribution in [1.29, 1.82) is 5.26 Å². The number of benzene rings is 1. The number of nitrogens with zero attached hydrogens (tertiary/aromatic N) is 1. The van der Waals surface area contributed by atoms with Crippen LogP contribution in [-0.2, 0) is 15.5 Å². The lowest BCUT2D eigenvalue weighted by molar-refractivity contribution is -0.275. The van der Waals surface area contributed by atoms with Gasteiger partial charge in [-0.3, -0.25) is 0 Å². The Balaban J connectivity index is 3.60. The predicted molar refractivity (Wildman–Crippen MR) is 60.3 cm³/mol. The normalized spacial score (nSPS) is 12.0. The van der Waals surface area contributed by atoms with Crippen LogP contribution in [0.2, 0.25) is 0 Å². The van der Waals surface area contributed by atoms with Crippen LogP contribution < -0.4 is 4.74 Å². The summed E-state index contributed by atoms with van der Waals surface area (Å²) in [7, 11) is 0.790. The van der Waals surface area contributed by atoms with Crippen LogP contribution in [0.15, 0.2) is 17.0 Å². The molecule has 0 atom stereocenters.